The Morgan fingerprint density at radius 1 is 1.38 bits per heavy atom. The summed E-state index contributed by atoms with van der Waals surface area (Å²) in [5, 5.41) is 4.60. The molecule has 0 radical (unpaired) electrons. The monoisotopic (exact) mass is 305 g/mol. The van der Waals surface area contributed by atoms with Crippen LogP contribution in [0.2, 0.25) is 5.02 Å². The number of halogens is 1. The number of aromatic nitrogens is 2. The van der Waals surface area contributed by atoms with E-state index in [1.807, 2.05) is 0 Å². The van der Waals surface area contributed by atoms with Crippen LogP contribution in [0.5, 0.6) is 0 Å². The second-order valence-electron chi connectivity index (χ2n) is 6.30. The van der Waals surface area contributed by atoms with Crippen LogP contribution in [0.1, 0.15) is 38.4 Å². The number of H-pyrrole nitrogens is 1. The quantitative estimate of drug-likeness (QED) is 0.911. The first-order valence-corrected chi connectivity index (χ1v) is 7.83. The van der Waals surface area contributed by atoms with Crippen molar-refractivity contribution in [2.24, 2.45) is 5.41 Å². The Morgan fingerprint density at radius 2 is 2.14 bits per heavy atom. The highest BCUT2D eigenvalue weighted by Crippen LogP contribution is 2.36. The van der Waals surface area contributed by atoms with Crippen molar-refractivity contribution in [2.75, 3.05) is 6.54 Å². The number of nitrogens with one attached hydrogen (secondary N) is 2. The predicted molar refractivity (Wildman–Crippen MR) is 85.7 cm³/mol. The fraction of sp³-hybridized carbons (Fsp3) is 0.500. The highest BCUT2D eigenvalue weighted by atomic mass is 35.5. The number of benzene rings is 1. The lowest BCUT2D eigenvalue weighted by atomic mass is 9.89. The summed E-state index contributed by atoms with van der Waals surface area (Å²) in [7, 11) is 0. The van der Waals surface area contributed by atoms with Gasteiger partial charge in [-0.05, 0) is 36.5 Å². The van der Waals surface area contributed by atoms with Gasteiger partial charge in [-0.2, -0.15) is 0 Å². The predicted octanol–water partition coefficient (Wildman–Crippen LogP) is 3.25. The maximum absolute atomic E-state index is 12.0. The van der Waals surface area contributed by atoms with Crippen molar-refractivity contribution in [2.45, 2.75) is 39.2 Å². The van der Waals surface area contributed by atoms with Gasteiger partial charge in [0, 0.05) is 11.6 Å². The first-order valence-electron chi connectivity index (χ1n) is 7.45. The molecule has 0 saturated heterocycles. The van der Waals surface area contributed by atoms with Crippen molar-refractivity contribution < 1.29 is 0 Å². The fourth-order valence-corrected chi connectivity index (χ4v) is 3.30. The van der Waals surface area contributed by atoms with Crippen LogP contribution < -0.4 is 10.9 Å². The summed E-state index contributed by atoms with van der Waals surface area (Å²) in [6.07, 6.45) is 5.19. The summed E-state index contributed by atoms with van der Waals surface area (Å²) < 4.78 is 0. The van der Waals surface area contributed by atoms with E-state index in [1.54, 1.807) is 18.2 Å². The normalized spacial score (nSPS) is 17.4. The van der Waals surface area contributed by atoms with Gasteiger partial charge in [-0.3, -0.25) is 4.79 Å². The number of rotatable bonds is 4. The first kappa shape index (κ1) is 14.5. The topological polar surface area (TPSA) is 57.8 Å². The van der Waals surface area contributed by atoms with Crippen LogP contribution in [-0.2, 0) is 6.54 Å². The molecule has 4 nitrogen and oxygen atoms in total. The largest absolute Gasteiger partial charge is 0.309 e. The molecule has 0 spiro atoms. The molecule has 0 aliphatic heterocycles. The molecule has 1 aliphatic rings. The van der Waals surface area contributed by atoms with E-state index in [0.717, 1.165) is 6.54 Å². The summed E-state index contributed by atoms with van der Waals surface area (Å²) >= 11 is 5.96. The third-order valence-corrected chi connectivity index (χ3v) is 4.61. The van der Waals surface area contributed by atoms with Crippen molar-refractivity contribution in [1.82, 2.24) is 15.3 Å². The Balaban J connectivity index is 1.73. The van der Waals surface area contributed by atoms with Crippen LogP contribution in [0.25, 0.3) is 10.9 Å². The van der Waals surface area contributed by atoms with Gasteiger partial charge in [-0.15, -0.1) is 0 Å². The molecule has 5 heteroatoms. The Kier molecular flexibility index (Phi) is 4.00. The van der Waals surface area contributed by atoms with E-state index in [0.29, 0.717) is 33.7 Å². The molecule has 0 atom stereocenters. The van der Waals surface area contributed by atoms with E-state index in [1.165, 1.54) is 25.7 Å². The lowest BCUT2D eigenvalue weighted by Gasteiger charge is -2.23. The summed E-state index contributed by atoms with van der Waals surface area (Å²) in [4.78, 5) is 19.3. The van der Waals surface area contributed by atoms with Crippen molar-refractivity contribution in [1.29, 1.82) is 0 Å². The second kappa shape index (κ2) is 5.78. The van der Waals surface area contributed by atoms with Crippen LogP contribution in [0.15, 0.2) is 23.0 Å². The molecule has 2 aromatic rings. The molecule has 1 fully saturated rings. The van der Waals surface area contributed by atoms with Crippen LogP contribution in [0.3, 0.4) is 0 Å². The van der Waals surface area contributed by atoms with Gasteiger partial charge in [0.1, 0.15) is 5.82 Å². The minimum absolute atomic E-state index is 0.111. The highest BCUT2D eigenvalue weighted by Gasteiger charge is 2.27. The van der Waals surface area contributed by atoms with Crippen molar-refractivity contribution in [3.8, 4) is 0 Å². The van der Waals surface area contributed by atoms with Gasteiger partial charge in [0.2, 0.25) is 0 Å². The number of hydrogen-bond acceptors (Lipinski definition) is 3. The van der Waals surface area contributed by atoms with Gasteiger partial charge in [-0.1, -0.05) is 31.4 Å². The molecule has 112 valence electrons. The zero-order valence-electron chi connectivity index (χ0n) is 12.2. The minimum atomic E-state index is -0.111. The van der Waals surface area contributed by atoms with Gasteiger partial charge in [-0.25, -0.2) is 4.98 Å². The Morgan fingerprint density at radius 3 is 2.90 bits per heavy atom. The zero-order chi connectivity index (χ0) is 14.9. The Bertz CT molecular complexity index is 704. The summed E-state index contributed by atoms with van der Waals surface area (Å²) in [6.45, 7) is 3.86. The van der Waals surface area contributed by atoms with Gasteiger partial charge >= 0.3 is 0 Å². The molecule has 1 aromatic heterocycles. The van der Waals surface area contributed by atoms with Gasteiger partial charge in [0.25, 0.3) is 5.56 Å². The Hall–Kier alpha value is -1.39. The molecular weight excluding hydrogens is 286 g/mol. The maximum Gasteiger partial charge on any atom is 0.258 e. The summed E-state index contributed by atoms with van der Waals surface area (Å²) in [5.74, 6) is 0.663. The highest BCUT2D eigenvalue weighted by molar-refractivity contribution is 6.31. The van der Waals surface area contributed by atoms with Crippen molar-refractivity contribution >= 4 is 22.5 Å². The van der Waals surface area contributed by atoms with Crippen LogP contribution >= 0.6 is 11.6 Å². The van der Waals surface area contributed by atoms with E-state index in [2.05, 4.69) is 22.2 Å². The number of hydrogen-bond donors (Lipinski definition) is 2. The molecule has 0 unspecified atom stereocenters. The molecule has 21 heavy (non-hydrogen) atoms. The molecule has 3 rings (SSSR count). The number of nitrogens with zero attached hydrogens (tertiary/aromatic N) is 1. The van der Waals surface area contributed by atoms with Crippen LogP contribution in [0, 0.1) is 5.41 Å². The number of aromatic amines is 1. The minimum Gasteiger partial charge on any atom is -0.309 e. The molecule has 0 bridgehead atoms. The third kappa shape index (κ3) is 3.27. The molecule has 1 aromatic carbocycles. The maximum atomic E-state index is 12.0. The van der Waals surface area contributed by atoms with Crippen molar-refractivity contribution in [3.63, 3.8) is 0 Å². The standard InChI is InChI=1S/C16H20ClN3O/c1-16(6-2-3-7-16)10-18-9-14-19-13-8-11(17)4-5-12(13)15(21)20-14/h4-5,8,18H,2-3,6-7,9-10H2,1H3,(H,19,20,21). The van der Waals surface area contributed by atoms with E-state index in [9.17, 15) is 4.79 Å². The fourth-order valence-electron chi connectivity index (χ4n) is 3.13. The van der Waals surface area contributed by atoms with Gasteiger partial charge in [0.05, 0.1) is 17.4 Å². The molecular formula is C16H20ClN3O. The molecule has 0 amide bonds. The van der Waals surface area contributed by atoms with Crippen LogP contribution in [-0.4, -0.2) is 16.5 Å². The Labute approximate surface area is 128 Å². The van der Waals surface area contributed by atoms with Crippen molar-refractivity contribution in [3.05, 3.63) is 39.4 Å². The summed E-state index contributed by atoms with van der Waals surface area (Å²) in [6, 6.07) is 5.15. The van der Waals surface area contributed by atoms with Gasteiger partial charge < -0.3 is 10.3 Å². The summed E-state index contributed by atoms with van der Waals surface area (Å²) in [5.41, 5.74) is 0.927. The second-order valence-corrected chi connectivity index (χ2v) is 6.73. The average molecular weight is 306 g/mol. The molecule has 1 aliphatic carbocycles. The third-order valence-electron chi connectivity index (χ3n) is 4.37. The average Bonchev–Trinajstić information content (AvgIpc) is 2.85. The van der Waals surface area contributed by atoms with Gasteiger partial charge in [0.15, 0.2) is 0 Å². The smallest absolute Gasteiger partial charge is 0.258 e. The van der Waals surface area contributed by atoms with Crippen LogP contribution in [0.4, 0.5) is 0 Å². The molecule has 1 saturated carbocycles. The van der Waals surface area contributed by atoms with E-state index in [-0.39, 0.29) is 5.56 Å². The van der Waals surface area contributed by atoms with E-state index < -0.39 is 0 Å². The lowest BCUT2D eigenvalue weighted by Crippen LogP contribution is -2.30. The number of fused-ring (bicyclic) bond motifs is 1. The zero-order valence-corrected chi connectivity index (χ0v) is 13.0. The first-order chi connectivity index (χ1) is 10.1. The van der Waals surface area contributed by atoms with E-state index >= 15 is 0 Å². The molecule has 2 N–H and O–H groups in total. The SMILES string of the molecule is CC1(CNCc2nc3cc(Cl)ccc3c(=O)[nH]2)CCCC1. The lowest BCUT2D eigenvalue weighted by molar-refractivity contribution is 0.313. The molecule has 1 heterocycles. The van der Waals surface area contributed by atoms with E-state index in [4.69, 9.17) is 11.6 Å².